The molecule has 0 amide bonds. The van der Waals surface area contributed by atoms with E-state index in [0.717, 1.165) is 19.0 Å². The first-order valence-corrected chi connectivity index (χ1v) is 5.83. The summed E-state index contributed by atoms with van der Waals surface area (Å²) in [5.74, 6) is -1.61. The summed E-state index contributed by atoms with van der Waals surface area (Å²) in [6.07, 6.45) is 3.46. The monoisotopic (exact) mass is 237 g/mol. The van der Waals surface area contributed by atoms with Crippen LogP contribution in [0.3, 0.4) is 0 Å². The van der Waals surface area contributed by atoms with Crippen LogP contribution < -0.4 is 5.32 Å². The molecule has 2 rings (SSSR count). The fourth-order valence-corrected chi connectivity index (χ4v) is 1.91. The van der Waals surface area contributed by atoms with E-state index in [0.29, 0.717) is 11.1 Å². The Balaban J connectivity index is 2.04. The van der Waals surface area contributed by atoms with Crippen molar-refractivity contribution < 1.29 is 14.3 Å². The molecule has 2 N–H and O–H groups in total. The lowest BCUT2D eigenvalue weighted by Gasteiger charge is -2.15. The number of carboxylic acid groups (broad SMARTS) is 1. The molecule has 0 aromatic heterocycles. The highest BCUT2D eigenvalue weighted by atomic mass is 19.1. The molecule has 1 fully saturated rings. The van der Waals surface area contributed by atoms with Crippen LogP contribution in [0.5, 0.6) is 0 Å². The number of carboxylic acids is 1. The van der Waals surface area contributed by atoms with Crippen molar-refractivity contribution in [3.05, 3.63) is 29.6 Å². The average Bonchev–Trinajstić information content (AvgIpc) is 3.08. The maximum Gasteiger partial charge on any atom is 0.335 e. The molecule has 92 valence electrons. The third kappa shape index (κ3) is 2.57. The number of benzene rings is 1. The summed E-state index contributed by atoms with van der Waals surface area (Å²) in [5.41, 5.74) is 0.692. The Morgan fingerprint density at radius 2 is 2.24 bits per heavy atom. The minimum atomic E-state index is -1.11. The van der Waals surface area contributed by atoms with Gasteiger partial charge in [0.2, 0.25) is 0 Å². The molecule has 0 saturated heterocycles. The van der Waals surface area contributed by atoms with Gasteiger partial charge >= 0.3 is 5.97 Å². The molecule has 1 aromatic rings. The number of hydrogen-bond donors (Lipinski definition) is 2. The Morgan fingerprint density at radius 1 is 1.53 bits per heavy atom. The lowest BCUT2D eigenvalue weighted by atomic mass is 10.0. The van der Waals surface area contributed by atoms with Gasteiger partial charge in [-0.25, -0.2) is 9.18 Å². The first-order valence-electron chi connectivity index (χ1n) is 5.83. The second kappa shape index (κ2) is 4.35. The predicted molar refractivity (Wildman–Crippen MR) is 63.8 cm³/mol. The Labute approximate surface area is 99.7 Å². The molecule has 0 aliphatic heterocycles. The van der Waals surface area contributed by atoms with Crippen LogP contribution in [0.2, 0.25) is 0 Å². The number of rotatable bonds is 5. The molecule has 1 aliphatic rings. The molecule has 1 aliphatic carbocycles. The molecule has 1 aromatic carbocycles. The van der Waals surface area contributed by atoms with Crippen LogP contribution in [-0.2, 0) is 0 Å². The van der Waals surface area contributed by atoms with Crippen molar-refractivity contribution in [2.45, 2.75) is 26.2 Å². The number of nitrogens with one attached hydrogen (secondary N) is 1. The van der Waals surface area contributed by atoms with E-state index in [2.05, 4.69) is 12.2 Å². The highest BCUT2D eigenvalue weighted by molar-refractivity contribution is 5.88. The summed E-state index contributed by atoms with van der Waals surface area (Å²) in [4.78, 5) is 10.7. The van der Waals surface area contributed by atoms with E-state index >= 15 is 0 Å². The van der Waals surface area contributed by atoms with Crippen molar-refractivity contribution in [3.63, 3.8) is 0 Å². The molecule has 0 atom stereocenters. The minimum Gasteiger partial charge on any atom is -0.478 e. The van der Waals surface area contributed by atoms with Crippen LogP contribution >= 0.6 is 0 Å². The molecule has 0 radical (unpaired) electrons. The van der Waals surface area contributed by atoms with Crippen LogP contribution in [0.1, 0.15) is 36.5 Å². The Hall–Kier alpha value is -1.58. The van der Waals surface area contributed by atoms with Gasteiger partial charge in [0.25, 0.3) is 0 Å². The number of carbonyl (C=O) groups is 1. The topological polar surface area (TPSA) is 49.3 Å². The standard InChI is InChI=1S/C13H16FNO2/c1-2-13(5-6-13)8-15-11-4-3-9(12(16)17)7-10(11)14/h3-4,7,15H,2,5-6,8H2,1H3,(H,16,17). The van der Waals surface area contributed by atoms with E-state index in [4.69, 9.17) is 5.11 Å². The maximum atomic E-state index is 13.6. The summed E-state index contributed by atoms with van der Waals surface area (Å²) in [5, 5.41) is 11.8. The van der Waals surface area contributed by atoms with Crippen molar-refractivity contribution in [1.82, 2.24) is 0 Å². The largest absolute Gasteiger partial charge is 0.478 e. The highest BCUT2D eigenvalue weighted by Crippen LogP contribution is 2.48. The zero-order valence-electron chi connectivity index (χ0n) is 9.79. The number of aromatic carboxylic acids is 1. The number of halogens is 1. The maximum absolute atomic E-state index is 13.6. The van der Waals surface area contributed by atoms with Gasteiger partial charge in [-0.15, -0.1) is 0 Å². The van der Waals surface area contributed by atoms with Gasteiger partial charge in [-0.3, -0.25) is 0 Å². The lowest BCUT2D eigenvalue weighted by molar-refractivity contribution is 0.0696. The van der Waals surface area contributed by atoms with E-state index in [-0.39, 0.29) is 5.56 Å². The Morgan fingerprint density at radius 3 is 2.71 bits per heavy atom. The molecule has 0 unspecified atom stereocenters. The van der Waals surface area contributed by atoms with Crippen LogP contribution in [0.4, 0.5) is 10.1 Å². The van der Waals surface area contributed by atoms with Crippen molar-refractivity contribution in [2.24, 2.45) is 5.41 Å². The summed E-state index contributed by atoms with van der Waals surface area (Å²) in [6.45, 7) is 2.89. The molecule has 3 nitrogen and oxygen atoms in total. The summed E-state index contributed by atoms with van der Waals surface area (Å²) >= 11 is 0. The van der Waals surface area contributed by atoms with E-state index < -0.39 is 11.8 Å². The fourth-order valence-electron chi connectivity index (χ4n) is 1.91. The third-order valence-corrected chi connectivity index (χ3v) is 3.58. The zero-order chi connectivity index (χ0) is 12.5. The first-order chi connectivity index (χ1) is 8.06. The minimum absolute atomic E-state index is 0.0234. The van der Waals surface area contributed by atoms with Gasteiger partial charge in [0.1, 0.15) is 5.82 Å². The molecular weight excluding hydrogens is 221 g/mol. The quantitative estimate of drug-likeness (QED) is 0.827. The second-order valence-electron chi connectivity index (χ2n) is 4.71. The zero-order valence-corrected chi connectivity index (χ0v) is 9.79. The van der Waals surface area contributed by atoms with E-state index in [9.17, 15) is 9.18 Å². The predicted octanol–water partition coefficient (Wildman–Crippen LogP) is 3.13. The van der Waals surface area contributed by atoms with E-state index in [1.165, 1.54) is 25.0 Å². The molecule has 0 bridgehead atoms. The smallest absolute Gasteiger partial charge is 0.335 e. The van der Waals surface area contributed by atoms with Crippen LogP contribution in [0.15, 0.2) is 18.2 Å². The van der Waals surface area contributed by atoms with Crippen LogP contribution in [0.25, 0.3) is 0 Å². The Bertz CT molecular complexity index is 441. The van der Waals surface area contributed by atoms with Gasteiger partial charge in [-0.1, -0.05) is 6.92 Å². The number of anilines is 1. The van der Waals surface area contributed by atoms with Gasteiger partial charge in [0, 0.05) is 6.54 Å². The van der Waals surface area contributed by atoms with Crippen molar-refractivity contribution >= 4 is 11.7 Å². The first kappa shape index (κ1) is 11.9. The molecule has 4 heteroatoms. The fraction of sp³-hybridized carbons (Fsp3) is 0.462. The van der Waals surface area contributed by atoms with Gasteiger partial charge in [0.05, 0.1) is 11.3 Å². The van der Waals surface area contributed by atoms with E-state index in [1.54, 1.807) is 0 Å². The molecular formula is C13H16FNO2. The third-order valence-electron chi connectivity index (χ3n) is 3.58. The van der Waals surface area contributed by atoms with E-state index in [1.807, 2.05) is 0 Å². The summed E-state index contributed by atoms with van der Waals surface area (Å²) < 4.78 is 13.6. The normalized spacial score (nSPS) is 16.6. The second-order valence-corrected chi connectivity index (χ2v) is 4.71. The van der Waals surface area contributed by atoms with Gasteiger partial charge in [-0.2, -0.15) is 0 Å². The SMILES string of the molecule is CCC1(CNc2ccc(C(=O)O)cc2F)CC1. The highest BCUT2D eigenvalue weighted by Gasteiger charge is 2.40. The van der Waals surface area contributed by atoms with Crippen molar-refractivity contribution in [2.75, 3.05) is 11.9 Å². The molecule has 17 heavy (non-hydrogen) atoms. The Kier molecular flexibility index (Phi) is 3.05. The molecule has 0 spiro atoms. The molecule has 1 saturated carbocycles. The average molecular weight is 237 g/mol. The van der Waals surface area contributed by atoms with Crippen molar-refractivity contribution in [1.29, 1.82) is 0 Å². The van der Waals surface area contributed by atoms with Gasteiger partial charge in [-0.05, 0) is 42.9 Å². The summed E-state index contributed by atoms with van der Waals surface area (Å²) in [6, 6.07) is 3.96. The summed E-state index contributed by atoms with van der Waals surface area (Å²) in [7, 11) is 0. The van der Waals surface area contributed by atoms with Crippen molar-refractivity contribution in [3.8, 4) is 0 Å². The molecule has 0 heterocycles. The number of hydrogen-bond acceptors (Lipinski definition) is 2. The van der Waals surface area contributed by atoms with Gasteiger partial charge < -0.3 is 10.4 Å². The van der Waals surface area contributed by atoms with Crippen LogP contribution in [-0.4, -0.2) is 17.6 Å². The van der Waals surface area contributed by atoms with Gasteiger partial charge in [0.15, 0.2) is 0 Å². The van der Waals surface area contributed by atoms with Crippen LogP contribution in [0, 0.1) is 11.2 Å². The lowest BCUT2D eigenvalue weighted by Crippen LogP contribution is -2.15.